The molecule has 3 aromatic carbocycles. The van der Waals surface area contributed by atoms with Gasteiger partial charge in [0.05, 0.1) is 38.7 Å². The first-order valence-electron chi connectivity index (χ1n) is 14.1. The van der Waals surface area contributed by atoms with E-state index in [1.54, 1.807) is 38.3 Å². The molecule has 0 spiro atoms. The van der Waals surface area contributed by atoms with Crippen LogP contribution in [0.5, 0.6) is 23.0 Å². The van der Waals surface area contributed by atoms with Gasteiger partial charge < -0.3 is 39.4 Å². The van der Waals surface area contributed by atoms with Crippen LogP contribution in [0.4, 0.5) is 4.79 Å². The molecule has 2 amide bonds. The molecule has 0 unspecified atom stereocenters. The predicted molar refractivity (Wildman–Crippen MR) is 180 cm³/mol. The fourth-order valence-corrected chi connectivity index (χ4v) is 5.42. The Labute approximate surface area is 285 Å². The van der Waals surface area contributed by atoms with Crippen molar-refractivity contribution in [2.75, 3.05) is 27.4 Å². The molecule has 0 radical (unpaired) electrons. The summed E-state index contributed by atoms with van der Waals surface area (Å²) in [4.78, 5) is 24.7. The smallest absolute Gasteiger partial charge is 0.337 e. The van der Waals surface area contributed by atoms with Gasteiger partial charge in [0.25, 0.3) is 0 Å². The molecule has 14 heteroatoms. The van der Waals surface area contributed by atoms with E-state index in [-0.39, 0.29) is 18.8 Å². The van der Waals surface area contributed by atoms with Crippen LogP contribution >= 0.6 is 34.2 Å². The number of benzene rings is 3. The highest BCUT2D eigenvalue weighted by atomic mass is 127. The SMILES string of the molecule is CCOc1cc([C@@H]2NC(=O)NC(C)=C2C(=O)OC)ccc1OC[C@H](O)N/N=C/c1cc(I)cc(OC)c1OCc1cccc(Cl)c1. The molecule has 244 valence electrons. The zero-order valence-corrected chi connectivity index (χ0v) is 28.5. The minimum Gasteiger partial charge on any atom is -0.493 e. The number of carbonyl (C=O) groups excluding carboxylic acids is 2. The van der Waals surface area contributed by atoms with E-state index < -0.39 is 24.3 Å². The number of nitrogens with one attached hydrogen (secondary N) is 3. The van der Waals surface area contributed by atoms with Crippen molar-refractivity contribution in [2.45, 2.75) is 32.7 Å². The van der Waals surface area contributed by atoms with Crippen molar-refractivity contribution in [1.29, 1.82) is 0 Å². The number of methoxy groups -OCH3 is 2. The molecule has 1 heterocycles. The Balaban J connectivity index is 1.44. The first-order valence-corrected chi connectivity index (χ1v) is 15.6. The molecule has 0 aliphatic carbocycles. The van der Waals surface area contributed by atoms with Crippen molar-refractivity contribution in [3.63, 3.8) is 0 Å². The molecule has 4 N–H and O–H groups in total. The summed E-state index contributed by atoms with van der Waals surface area (Å²) in [5, 5.41) is 20.7. The third-order valence-corrected chi connectivity index (χ3v) is 7.50. The maximum atomic E-state index is 12.5. The first kappa shape index (κ1) is 34.7. The highest BCUT2D eigenvalue weighted by Crippen LogP contribution is 2.35. The normalized spacial score (nSPS) is 15.1. The number of hydrazone groups is 1. The van der Waals surface area contributed by atoms with Crippen molar-refractivity contribution in [3.05, 3.63) is 91.2 Å². The molecule has 0 bridgehead atoms. The summed E-state index contributed by atoms with van der Waals surface area (Å²) in [7, 11) is 2.83. The Hall–Kier alpha value is -4.21. The topological polar surface area (TPSA) is 149 Å². The molecule has 12 nitrogen and oxygen atoms in total. The van der Waals surface area contributed by atoms with Crippen LogP contribution in [0.25, 0.3) is 0 Å². The number of nitrogens with zero attached hydrogens (tertiary/aromatic N) is 1. The van der Waals surface area contributed by atoms with Gasteiger partial charge >= 0.3 is 12.0 Å². The van der Waals surface area contributed by atoms with Gasteiger partial charge in [0.15, 0.2) is 29.2 Å². The average molecular weight is 765 g/mol. The van der Waals surface area contributed by atoms with Crippen LogP contribution in [0, 0.1) is 3.57 Å². The van der Waals surface area contributed by atoms with E-state index in [4.69, 9.17) is 35.3 Å². The third-order valence-electron chi connectivity index (χ3n) is 6.64. The summed E-state index contributed by atoms with van der Waals surface area (Å²) in [5.74, 6) is 1.13. The molecule has 0 saturated heterocycles. The van der Waals surface area contributed by atoms with Gasteiger partial charge in [-0.3, -0.25) is 5.43 Å². The van der Waals surface area contributed by atoms with Gasteiger partial charge in [-0.15, -0.1) is 0 Å². The molecule has 4 rings (SSSR count). The van der Waals surface area contributed by atoms with Gasteiger partial charge in [0.1, 0.15) is 13.2 Å². The van der Waals surface area contributed by atoms with Crippen LogP contribution in [-0.2, 0) is 16.1 Å². The first-order chi connectivity index (χ1) is 22.1. The summed E-state index contributed by atoms with van der Waals surface area (Å²) in [6.45, 7) is 3.84. The third kappa shape index (κ3) is 8.95. The molecule has 1 aliphatic rings. The Morgan fingerprint density at radius 1 is 1.11 bits per heavy atom. The Kier molecular flexibility index (Phi) is 12.3. The average Bonchev–Trinajstić information content (AvgIpc) is 3.02. The number of rotatable bonds is 14. The van der Waals surface area contributed by atoms with Crippen LogP contribution in [0.1, 0.15) is 36.6 Å². The van der Waals surface area contributed by atoms with E-state index in [0.29, 0.717) is 51.5 Å². The zero-order chi connectivity index (χ0) is 33.2. The minimum atomic E-state index is -1.19. The second-order valence-corrected chi connectivity index (χ2v) is 11.5. The number of urea groups is 1. The fraction of sp³-hybridized carbons (Fsp3) is 0.281. The molecule has 1 aliphatic heterocycles. The number of esters is 1. The molecular weight excluding hydrogens is 731 g/mol. The Morgan fingerprint density at radius 2 is 1.91 bits per heavy atom. The minimum absolute atomic E-state index is 0.180. The van der Waals surface area contributed by atoms with E-state index >= 15 is 0 Å². The molecule has 0 aromatic heterocycles. The van der Waals surface area contributed by atoms with Gasteiger partial charge in [-0.25, -0.2) is 9.59 Å². The van der Waals surface area contributed by atoms with Crippen molar-refractivity contribution in [3.8, 4) is 23.0 Å². The Bertz CT molecular complexity index is 1630. The van der Waals surface area contributed by atoms with Crippen molar-refractivity contribution >= 4 is 52.4 Å². The number of carbonyl (C=O) groups is 2. The van der Waals surface area contributed by atoms with Crippen molar-refractivity contribution < 1.29 is 38.4 Å². The van der Waals surface area contributed by atoms with Crippen molar-refractivity contribution in [1.82, 2.24) is 16.1 Å². The maximum Gasteiger partial charge on any atom is 0.337 e. The van der Waals surface area contributed by atoms with Gasteiger partial charge in [0, 0.05) is 19.9 Å². The second kappa shape index (κ2) is 16.4. The second-order valence-electron chi connectivity index (χ2n) is 9.86. The number of aliphatic hydroxyl groups excluding tert-OH is 1. The summed E-state index contributed by atoms with van der Waals surface area (Å²) in [6, 6.07) is 14.8. The standard InChI is InChI=1S/C32H34ClIN4O8/c1-5-44-25-13-20(29-28(31(40)43-4)18(2)36-32(41)37-29)9-10-24(25)45-17-27(39)38-35-15-21-12-23(34)14-26(42-3)30(21)46-16-19-7-6-8-22(33)11-19/h6-15,27,29,38-39H,5,16-17H2,1-4H3,(H2,36,37,41)/b35-15+/t27-,29-/m0/s1. The number of allylic oxidation sites excluding steroid dienone is 1. The number of ether oxygens (including phenoxy) is 5. The lowest BCUT2D eigenvalue weighted by Gasteiger charge is -2.28. The van der Waals surface area contributed by atoms with E-state index in [1.807, 2.05) is 37.3 Å². The van der Waals surface area contributed by atoms with Gasteiger partial charge in [-0.1, -0.05) is 29.8 Å². The molecule has 3 aromatic rings. The quantitative estimate of drug-likeness (QED) is 0.0582. The molecule has 0 fully saturated rings. The number of aliphatic hydroxyl groups is 1. The molecule has 0 saturated carbocycles. The van der Waals surface area contributed by atoms with Gasteiger partial charge in [-0.2, -0.15) is 5.10 Å². The summed E-state index contributed by atoms with van der Waals surface area (Å²) in [5.41, 5.74) is 5.39. The summed E-state index contributed by atoms with van der Waals surface area (Å²) >= 11 is 8.28. The Morgan fingerprint density at radius 3 is 2.63 bits per heavy atom. The maximum absolute atomic E-state index is 12.5. The number of amides is 2. The number of hydrogen-bond acceptors (Lipinski definition) is 10. The number of halogens is 2. The van der Waals surface area contributed by atoms with E-state index in [9.17, 15) is 14.7 Å². The predicted octanol–water partition coefficient (Wildman–Crippen LogP) is 5.05. The lowest BCUT2D eigenvalue weighted by atomic mass is 9.95. The van der Waals surface area contributed by atoms with Crippen LogP contribution in [-0.4, -0.2) is 57.0 Å². The fourth-order valence-electron chi connectivity index (χ4n) is 4.59. The van der Waals surface area contributed by atoms with E-state index in [0.717, 1.165) is 9.13 Å². The van der Waals surface area contributed by atoms with Crippen LogP contribution in [0.15, 0.2) is 71.0 Å². The lowest BCUT2D eigenvalue weighted by molar-refractivity contribution is -0.136. The van der Waals surface area contributed by atoms with Crippen molar-refractivity contribution in [2.24, 2.45) is 5.10 Å². The molecule has 2 atom stereocenters. The largest absolute Gasteiger partial charge is 0.493 e. The van der Waals surface area contributed by atoms with E-state index in [2.05, 4.69) is 43.8 Å². The van der Waals surface area contributed by atoms with Crippen LogP contribution in [0.3, 0.4) is 0 Å². The molecule has 46 heavy (non-hydrogen) atoms. The zero-order valence-electron chi connectivity index (χ0n) is 25.6. The van der Waals surface area contributed by atoms with Crippen LogP contribution < -0.4 is 35.0 Å². The van der Waals surface area contributed by atoms with E-state index in [1.165, 1.54) is 13.3 Å². The summed E-state index contributed by atoms with van der Waals surface area (Å²) < 4.78 is 29.1. The monoisotopic (exact) mass is 764 g/mol. The highest BCUT2D eigenvalue weighted by Gasteiger charge is 2.32. The lowest BCUT2D eigenvalue weighted by Crippen LogP contribution is -2.45. The number of hydrogen-bond donors (Lipinski definition) is 4. The highest BCUT2D eigenvalue weighted by molar-refractivity contribution is 14.1. The van der Waals surface area contributed by atoms with Gasteiger partial charge in [-0.05, 0) is 84.0 Å². The summed E-state index contributed by atoms with van der Waals surface area (Å²) in [6.07, 6.45) is 0.328. The molecular formula is C32H34ClIN4O8. The van der Waals surface area contributed by atoms with Crippen LogP contribution in [0.2, 0.25) is 5.02 Å². The van der Waals surface area contributed by atoms with Gasteiger partial charge in [0.2, 0.25) is 0 Å².